The fraction of sp³-hybridized carbons (Fsp3) is 0.412. The Labute approximate surface area is 120 Å². The van der Waals surface area contributed by atoms with Gasteiger partial charge < -0.3 is 5.73 Å². The zero-order chi connectivity index (χ0) is 14.1. The molecule has 2 atom stereocenters. The Balaban J connectivity index is 2.04. The maximum Gasteiger partial charge on any atom is 0.134 e. The van der Waals surface area contributed by atoms with E-state index in [1.807, 2.05) is 25.1 Å². The third-order valence-corrected chi connectivity index (χ3v) is 4.31. The molecule has 0 aliphatic heterocycles. The second-order valence-electron chi connectivity index (χ2n) is 5.92. The lowest BCUT2D eigenvalue weighted by molar-refractivity contribution is 0.585. The molecule has 2 aromatic rings. The largest absolute Gasteiger partial charge is 0.383 e. The number of rotatable bonds is 2. The van der Waals surface area contributed by atoms with Crippen LogP contribution in [0.4, 0.5) is 5.82 Å². The van der Waals surface area contributed by atoms with Crippen LogP contribution in [0.2, 0.25) is 0 Å². The van der Waals surface area contributed by atoms with Gasteiger partial charge in [0.05, 0.1) is 5.69 Å². The number of benzene rings is 1. The van der Waals surface area contributed by atoms with Crippen LogP contribution in [0.15, 0.2) is 30.3 Å². The van der Waals surface area contributed by atoms with Crippen LogP contribution in [0.25, 0.3) is 11.3 Å². The van der Waals surface area contributed by atoms with E-state index in [1.54, 1.807) is 0 Å². The summed E-state index contributed by atoms with van der Waals surface area (Å²) in [5.41, 5.74) is 9.18. The molecule has 1 heterocycles. The first kappa shape index (κ1) is 13.1. The summed E-state index contributed by atoms with van der Waals surface area (Å²) in [6, 6.07) is 10.2. The van der Waals surface area contributed by atoms with Crippen LogP contribution >= 0.6 is 0 Å². The van der Waals surface area contributed by atoms with Crippen molar-refractivity contribution in [1.82, 2.24) is 9.97 Å². The van der Waals surface area contributed by atoms with Crippen LogP contribution in [0.1, 0.15) is 43.5 Å². The molecule has 1 aromatic carbocycles. The summed E-state index contributed by atoms with van der Waals surface area (Å²) in [4.78, 5) is 9.37. The summed E-state index contributed by atoms with van der Waals surface area (Å²) in [6.45, 7) is 4.30. The SMILES string of the molecule is Cc1c(N)nc(C2CCC(C)C2)nc1-c1ccccc1. The van der Waals surface area contributed by atoms with Gasteiger partial charge >= 0.3 is 0 Å². The van der Waals surface area contributed by atoms with Crippen molar-refractivity contribution in [2.75, 3.05) is 5.73 Å². The van der Waals surface area contributed by atoms with Crippen LogP contribution in [0.3, 0.4) is 0 Å². The van der Waals surface area contributed by atoms with E-state index in [2.05, 4.69) is 24.0 Å². The van der Waals surface area contributed by atoms with Crippen molar-refractivity contribution in [2.45, 2.75) is 39.0 Å². The van der Waals surface area contributed by atoms with Crippen LogP contribution in [0.5, 0.6) is 0 Å². The van der Waals surface area contributed by atoms with Crippen molar-refractivity contribution < 1.29 is 0 Å². The highest BCUT2D eigenvalue weighted by molar-refractivity contribution is 5.67. The van der Waals surface area contributed by atoms with Crippen molar-refractivity contribution in [1.29, 1.82) is 0 Å². The van der Waals surface area contributed by atoms with Gasteiger partial charge in [-0.1, -0.05) is 37.3 Å². The molecule has 0 spiro atoms. The molecule has 0 bridgehead atoms. The number of nitrogens with two attached hydrogens (primary N) is 1. The Morgan fingerprint density at radius 2 is 1.85 bits per heavy atom. The summed E-state index contributed by atoms with van der Waals surface area (Å²) in [5.74, 6) is 2.78. The first-order chi connectivity index (χ1) is 9.65. The highest BCUT2D eigenvalue weighted by atomic mass is 15.0. The number of nitrogens with zero attached hydrogens (tertiary/aromatic N) is 2. The Morgan fingerprint density at radius 1 is 1.10 bits per heavy atom. The zero-order valence-electron chi connectivity index (χ0n) is 12.1. The van der Waals surface area contributed by atoms with Crippen LogP contribution in [0, 0.1) is 12.8 Å². The van der Waals surface area contributed by atoms with E-state index in [4.69, 9.17) is 10.7 Å². The number of aromatic nitrogens is 2. The topological polar surface area (TPSA) is 51.8 Å². The Bertz CT molecular complexity index is 607. The van der Waals surface area contributed by atoms with E-state index in [0.717, 1.165) is 28.6 Å². The molecule has 1 aromatic heterocycles. The quantitative estimate of drug-likeness (QED) is 0.896. The standard InChI is InChI=1S/C17H21N3/c1-11-8-9-14(10-11)17-19-15(12(2)16(18)20-17)13-6-4-3-5-7-13/h3-7,11,14H,8-10H2,1-2H3,(H2,18,19,20). The van der Waals surface area contributed by atoms with Gasteiger partial charge in [0.2, 0.25) is 0 Å². The van der Waals surface area contributed by atoms with Crippen molar-refractivity contribution in [3.05, 3.63) is 41.7 Å². The van der Waals surface area contributed by atoms with Crippen LogP contribution < -0.4 is 5.73 Å². The smallest absolute Gasteiger partial charge is 0.134 e. The minimum Gasteiger partial charge on any atom is -0.383 e. The van der Waals surface area contributed by atoms with Crippen molar-refractivity contribution in [2.24, 2.45) is 5.92 Å². The van der Waals surface area contributed by atoms with Crippen LogP contribution in [-0.2, 0) is 0 Å². The second-order valence-corrected chi connectivity index (χ2v) is 5.92. The van der Waals surface area contributed by atoms with Crippen molar-refractivity contribution >= 4 is 5.82 Å². The first-order valence-electron chi connectivity index (χ1n) is 7.34. The molecule has 0 saturated heterocycles. The van der Waals surface area contributed by atoms with E-state index in [-0.39, 0.29) is 0 Å². The summed E-state index contributed by atoms with van der Waals surface area (Å²) in [7, 11) is 0. The van der Waals surface area contributed by atoms with Gasteiger partial charge in [-0.3, -0.25) is 0 Å². The fourth-order valence-corrected chi connectivity index (χ4v) is 3.05. The summed E-state index contributed by atoms with van der Waals surface area (Å²) in [6.07, 6.45) is 3.62. The third kappa shape index (κ3) is 2.40. The molecular formula is C17H21N3. The van der Waals surface area contributed by atoms with Crippen molar-refractivity contribution in [3.63, 3.8) is 0 Å². The molecule has 1 fully saturated rings. The van der Waals surface area contributed by atoms with Gasteiger partial charge in [-0.05, 0) is 32.1 Å². The molecule has 0 amide bonds. The third-order valence-electron chi connectivity index (χ3n) is 4.31. The number of anilines is 1. The lowest BCUT2D eigenvalue weighted by Gasteiger charge is -2.14. The molecule has 1 saturated carbocycles. The van der Waals surface area contributed by atoms with E-state index in [1.165, 1.54) is 19.3 Å². The van der Waals surface area contributed by atoms with E-state index < -0.39 is 0 Å². The monoisotopic (exact) mass is 267 g/mol. The highest BCUT2D eigenvalue weighted by Crippen LogP contribution is 2.37. The normalized spacial score (nSPS) is 22.1. The Kier molecular flexibility index (Phi) is 3.43. The van der Waals surface area contributed by atoms with Crippen LogP contribution in [-0.4, -0.2) is 9.97 Å². The molecule has 1 aliphatic carbocycles. The molecule has 2 unspecified atom stereocenters. The molecule has 104 valence electrons. The van der Waals surface area contributed by atoms with Gasteiger partial charge in [0.1, 0.15) is 11.6 Å². The molecule has 1 aliphatic rings. The van der Waals surface area contributed by atoms with E-state index in [0.29, 0.717) is 11.7 Å². The van der Waals surface area contributed by atoms with Gasteiger partial charge in [-0.15, -0.1) is 0 Å². The number of nitrogen functional groups attached to an aromatic ring is 1. The molecule has 20 heavy (non-hydrogen) atoms. The second kappa shape index (κ2) is 5.23. The Morgan fingerprint density at radius 3 is 2.50 bits per heavy atom. The van der Waals surface area contributed by atoms with E-state index in [9.17, 15) is 0 Å². The minimum atomic E-state index is 0.468. The van der Waals surface area contributed by atoms with Gasteiger partial charge in [-0.25, -0.2) is 9.97 Å². The van der Waals surface area contributed by atoms with Crippen molar-refractivity contribution in [3.8, 4) is 11.3 Å². The predicted octanol–water partition coefficient (Wildman–Crippen LogP) is 3.94. The molecule has 3 rings (SSSR count). The summed E-state index contributed by atoms with van der Waals surface area (Å²) in [5, 5.41) is 0. The maximum atomic E-state index is 6.11. The fourth-order valence-electron chi connectivity index (χ4n) is 3.05. The number of hydrogen-bond donors (Lipinski definition) is 1. The van der Waals surface area contributed by atoms with Gasteiger partial charge in [0.15, 0.2) is 0 Å². The lowest BCUT2D eigenvalue weighted by Crippen LogP contribution is -2.08. The molecule has 3 nitrogen and oxygen atoms in total. The van der Waals surface area contributed by atoms with Gasteiger partial charge in [0.25, 0.3) is 0 Å². The lowest BCUT2D eigenvalue weighted by atomic mass is 10.0. The molecular weight excluding hydrogens is 246 g/mol. The number of hydrogen-bond acceptors (Lipinski definition) is 3. The zero-order valence-corrected chi connectivity index (χ0v) is 12.1. The predicted molar refractivity (Wildman–Crippen MR) is 82.4 cm³/mol. The molecule has 2 N–H and O–H groups in total. The molecule has 3 heteroatoms. The maximum absolute atomic E-state index is 6.11. The van der Waals surface area contributed by atoms with E-state index >= 15 is 0 Å². The average molecular weight is 267 g/mol. The minimum absolute atomic E-state index is 0.468. The Hall–Kier alpha value is -1.90. The summed E-state index contributed by atoms with van der Waals surface area (Å²) >= 11 is 0. The first-order valence-corrected chi connectivity index (χ1v) is 7.34. The van der Waals surface area contributed by atoms with Gasteiger partial charge in [0, 0.05) is 17.0 Å². The molecule has 0 radical (unpaired) electrons. The average Bonchev–Trinajstić information content (AvgIpc) is 2.89. The summed E-state index contributed by atoms with van der Waals surface area (Å²) < 4.78 is 0. The van der Waals surface area contributed by atoms with Gasteiger partial charge in [-0.2, -0.15) is 0 Å². The highest BCUT2D eigenvalue weighted by Gasteiger charge is 2.26.